The Kier molecular flexibility index (Phi) is 7.08. The third-order valence-electron chi connectivity index (χ3n) is 5.17. The van der Waals surface area contributed by atoms with Crippen molar-refractivity contribution in [3.63, 3.8) is 0 Å². The van der Waals surface area contributed by atoms with Gasteiger partial charge in [0.05, 0.1) is 35.0 Å². The van der Waals surface area contributed by atoms with E-state index in [0.717, 1.165) is 0 Å². The number of carbonyl (C=O) groups is 1. The largest absolute Gasteiger partial charge is 0.493 e. The van der Waals surface area contributed by atoms with E-state index in [2.05, 4.69) is 0 Å². The molecule has 2 aromatic carbocycles. The molecule has 9 heteroatoms. The highest BCUT2D eigenvalue weighted by atomic mass is 35.5. The molecule has 3 rings (SSSR count). The van der Waals surface area contributed by atoms with Crippen molar-refractivity contribution in [2.75, 3.05) is 14.2 Å². The van der Waals surface area contributed by atoms with Crippen LogP contribution in [0.5, 0.6) is 11.5 Å². The lowest BCUT2D eigenvalue weighted by Crippen LogP contribution is -2.25. The molecule has 6 nitrogen and oxygen atoms in total. The highest BCUT2D eigenvalue weighted by molar-refractivity contribution is 6.42. The molecule has 0 aliphatic heterocycles. The molecule has 1 aromatic heterocycles. The molecule has 0 bridgehead atoms. The molecule has 168 valence electrons. The van der Waals surface area contributed by atoms with Gasteiger partial charge in [-0.15, -0.1) is 0 Å². The maximum absolute atomic E-state index is 13.5. The molecule has 0 unspecified atom stereocenters. The standard InChI is InChI=1S/C23H20Cl3NO5/c1-5-27-11(2)18(13-9-16(26)22(32-4)17(10-13)31-3)21(28)19(23(29)30)20(27)12-6-7-14(24)15(25)8-12/h6-10H,5H2,1-4H3,(H,29,30). The van der Waals surface area contributed by atoms with E-state index in [1.54, 1.807) is 41.8 Å². The van der Waals surface area contributed by atoms with Gasteiger partial charge in [0.1, 0.15) is 5.56 Å². The molecule has 1 heterocycles. The Morgan fingerprint density at radius 1 is 1.00 bits per heavy atom. The Morgan fingerprint density at radius 3 is 2.19 bits per heavy atom. The summed E-state index contributed by atoms with van der Waals surface area (Å²) in [4.78, 5) is 25.8. The maximum atomic E-state index is 13.5. The first-order valence-electron chi connectivity index (χ1n) is 9.54. The third-order valence-corrected chi connectivity index (χ3v) is 6.19. The van der Waals surface area contributed by atoms with Crippen LogP contribution in [0.3, 0.4) is 0 Å². The van der Waals surface area contributed by atoms with Crippen LogP contribution in [0.4, 0.5) is 0 Å². The first-order chi connectivity index (χ1) is 15.2. The zero-order chi connectivity index (χ0) is 23.7. The van der Waals surface area contributed by atoms with E-state index >= 15 is 0 Å². The van der Waals surface area contributed by atoms with Gasteiger partial charge >= 0.3 is 5.97 Å². The van der Waals surface area contributed by atoms with Crippen LogP contribution in [0, 0.1) is 6.92 Å². The second kappa shape index (κ2) is 9.45. The van der Waals surface area contributed by atoms with Crippen molar-refractivity contribution in [3.8, 4) is 33.9 Å². The fourth-order valence-corrected chi connectivity index (χ4v) is 4.36. The maximum Gasteiger partial charge on any atom is 0.341 e. The van der Waals surface area contributed by atoms with Crippen molar-refractivity contribution in [2.24, 2.45) is 0 Å². The lowest BCUT2D eigenvalue weighted by Gasteiger charge is -2.22. The average molecular weight is 497 g/mol. The minimum Gasteiger partial charge on any atom is -0.493 e. The number of hydrogen-bond donors (Lipinski definition) is 1. The molecule has 0 saturated heterocycles. The molecule has 1 N–H and O–H groups in total. The van der Waals surface area contributed by atoms with Gasteiger partial charge in [0.15, 0.2) is 11.5 Å². The monoisotopic (exact) mass is 495 g/mol. The summed E-state index contributed by atoms with van der Waals surface area (Å²) in [7, 11) is 2.90. The Morgan fingerprint density at radius 2 is 1.66 bits per heavy atom. The molecule has 0 aliphatic rings. The van der Waals surface area contributed by atoms with E-state index in [-0.39, 0.29) is 26.9 Å². The van der Waals surface area contributed by atoms with E-state index in [1.807, 2.05) is 6.92 Å². The lowest BCUT2D eigenvalue weighted by atomic mass is 9.96. The van der Waals surface area contributed by atoms with Crippen LogP contribution in [0.1, 0.15) is 23.0 Å². The summed E-state index contributed by atoms with van der Waals surface area (Å²) in [6, 6.07) is 7.89. The van der Waals surface area contributed by atoms with Crippen molar-refractivity contribution in [1.82, 2.24) is 4.57 Å². The second-order valence-corrected chi connectivity index (χ2v) is 8.11. The van der Waals surface area contributed by atoms with Gasteiger partial charge in [-0.25, -0.2) is 4.79 Å². The minimum absolute atomic E-state index is 0.205. The summed E-state index contributed by atoms with van der Waals surface area (Å²) < 4.78 is 12.4. The van der Waals surface area contributed by atoms with Crippen LogP contribution in [-0.2, 0) is 6.54 Å². The topological polar surface area (TPSA) is 77.8 Å². The van der Waals surface area contributed by atoms with Crippen LogP contribution in [-0.4, -0.2) is 29.9 Å². The number of carboxylic acid groups (broad SMARTS) is 1. The van der Waals surface area contributed by atoms with Crippen LogP contribution in [0.25, 0.3) is 22.4 Å². The van der Waals surface area contributed by atoms with E-state index in [1.165, 1.54) is 14.2 Å². The van der Waals surface area contributed by atoms with E-state index in [0.29, 0.717) is 39.9 Å². The van der Waals surface area contributed by atoms with Gasteiger partial charge in [-0.05, 0) is 43.7 Å². The Labute approximate surface area is 199 Å². The van der Waals surface area contributed by atoms with Gasteiger partial charge < -0.3 is 19.1 Å². The Hall–Kier alpha value is -2.67. The molecule has 3 aromatic rings. The summed E-state index contributed by atoms with van der Waals surface area (Å²) in [5.74, 6) is -0.717. The predicted octanol–water partition coefficient (Wildman–Crippen LogP) is 6.19. The number of nitrogens with zero attached hydrogens (tertiary/aromatic N) is 1. The number of aromatic nitrogens is 1. The van der Waals surface area contributed by atoms with Gasteiger partial charge in [-0.3, -0.25) is 4.79 Å². The molecule has 0 spiro atoms. The lowest BCUT2D eigenvalue weighted by molar-refractivity contribution is 0.0695. The fourth-order valence-electron chi connectivity index (χ4n) is 3.77. The van der Waals surface area contributed by atoms with Crippen molar-refractivity contribution < 1.29 is 19.4 Å². The number of ether oxygens (including phenoxy) is 2. The molecule has 0 amide bonds. The van der Waals surface area contributed by atoms with Crippen LogP contribution >= 0.6 is 34.8 Å². The first kappa shape index (κ1) is 24.0. The number of halogens is 3. The Bertz CT molecular complexity index is 1280. The normalized spacial score (nSPS) is 10.8. The summed E-state index contributed by atoms with van der Waals surface area (Å²) in [5.41, 5.74) is 0.872. The quantitative estimate of drug-likeness (QED) is 0.440. The molecule has 32 heavy (non-hydrogen) atoms. The van der Waals surface area contributed by atoms with Gasteiger partial charge in [-0.2, -0.15) is 0 Å². The van der Waals surface area contributed by atoms with Crippen LogP contribution in [0.2, 0.25) is 15.1 Å². The fraction of sp³-hybridized carbons (Fsp3) is 0.217. The highest BCUT2D eigenvalue weighted by Gasteiger charge is 2.27. The minimum atomic E-state index is -1.36. The van der Waals surface area contributed by atoms with Crippen LogP contribution < -0.4 is 14.9 Å². The number of rotatable bonds is 6. The van der Waals surface area contributed by atoms with Crippen molar-refractivity contribution in [2.45, 2.75) is 20.4 Å². The molecule has 0 radical (unpaired) electrons. The molecule has 0 aliphatic carbocycles. The van der Waals surface area contributed by atoms with Crippen molar-refractivity contribution >= 4 is 40.8 Å². The number of carboxylic acids is 1. The van der Waals surface area contributed by atoms with Gasteiger partial charge in [0.25, 0.3) is 0 Å². The molecule has 0 fully saturated rings. The smallest absolute Gasteiger partial charge is 0.341 e. The average Bonchev–Trinajstić information content (AvgIpc) is 2.74. The van der Waals surface area contributed by atoms with Crippen molar-refractivity contribution in [1.29, 1.82) is 0 Å². The molecular formula is C23H20Cl3NO5. The molecular weight excluding hydrogens is 477 g/mol. The molecule has 0 atom stereocenters. The van der Waals surface area contributed by atoms with E-state index < -0.39 is 11.4 Å². The number of hydrogen-bond acceptors (Lipinski definition) is 4. The zero-order valence-corrected chi connectivity index (χ0v) is 20.0. The number of aromatic carboxylic acids is 1. The summed E-state index contributed by atoms with van der Waals surface area (Å²) in [6.07, 6.45) is 0. The van der Waals surface area contributed by atoms with Crippen LogP contribution in [0.15, 0.2) is 35.1 Å². The first-order valence-corrected chi connectivity index (χ1v) is 10.7. The van der Waals surface area contributed by atoms with Gasteiger partial charge in [-0.1, -0.05) is 40.9 Å². The van der Waals surface area contributed by atoms with Gasteiger partial charge in [0, 0.05) is 23.4 Å². The summed E-state index contributed by atoms with van der Waals surface area (Å²) in [6.45, 7) is 4.00. The highest BCUT2D eigenvalue weighted by Crippen LogP contribution is 2.40. The van der Waals surface area contributed by atoms with Gasteiger partial charge in [0.2, 0.25) is 5.43 Å². The SMILES string of the molecule is CCn1c(C)c(-c2cc(Cl)c(OC)c(OC)c2)c(=O)c(C(=O)O)c1-c1ccc(Cl)c(Cl)c1. The summed E-state index contributed by atoms with van der Waals surface area (Å²) in [5, 5.41) is 10.8. The Balaban J connectivity index is 2.45. The third kappa shape index (κ3) is 4.06. The predicted molar refractivity (Wildman–Crippen MR) is 127 cm³/mol. The number of benzene rings is 2. The number of pyridine rings is 1. The molecule has 0 saturated carbocycles. The van der Waals surface area contributed by atoms with E-state index in [4.69, 9.17) is 44.3 Å². The van der Waals surface area contributed by atoms with E-state index in [9.17, 15) is 14.7 Å². The van der Waals surface area contributed by atoms with Crippen molar-refractivity contribution in [3.05, 3.63) is 66.9 Å². The number of methoxy groups -OCH3 is 2. The zero-order valence-electron chi connectivity index (χ0n) is 17.8. The second-order valence-electron chi connectivity index (χ2n) is 6.89. The summed E-state index contributed by atoms with van der Waals surface area (Å²) >= 11 is 18.5.